The van der Waals surface area contributed by atoms with Crippen LogP contribution >= 0.6 is 11.6 Å². The average Bonchev–Trinajstić information content (AvgIpc) is 4.01. The van der Waals surface area contributed by atoms with E-state index < -0.39 is 12.1 Å². The number of amides is 3. The molecule has 4 heterocycles. The molecule has 3 aromatic heterocycles. The second-order valence-electron chi connectivity index (χ2n) is 14.8. The molecule has 0 unspecified atom stereocenters. The summed E-state index contributed by atoms with van der Waals surface area (Å²) < 4.78 is 4.76. The van der Waals surface area contributed by atoms with Gasteiger partial charge in [-0.2, -0.15) is 0 Å². The van der Waals surface area contributed by atoms with Crippen molar-refractivity contribution in [2.24, 2.45) is 11.8 Å². The van der Waals surface area contributed by atoms with Gasteiger partial charge in [0.1, 0.15) is 22.8 Å². The zero-order valence-corrected chi connectivity index (χ0v) is 32.1. The molecule has 2 fully saturated rings. The van der Waals surface area contributed by atoms with E-state index in [4.69, 9.17) is 21.3 Å². The van der Waals surface area contributed by atoms with Gasteiger partial charge in [0.05, 0.1) is 36.9 Å². The third-order valence-corrected chi connectivity index (χ3v) is 11.1. The lowest BCUT2D eigenvalue weighted by molar-refractivity contribution is -0.135. The summed E-state index contributed by atoms with van der Waals surface area (Å²) in [5, 5.41) is 6.22. The first-order valence-corrected chi connectivity index (χ1v) is 19.4. The van der Waals surface area contributed by atoms with Crippen LogP contribution in [0, 0.1) is 11.8 Å². The van der Waals surface area contributed by atoms with Crippen molar-refractivity contribution in [3.8, 4) is 33.6 Å². The fraction of sp³-hybridized carbons (Fsp3) is 0.381. The van der Waals surface area contributed by atoms with E-state index in [1.807, 2.05) is 37.2 Å². The Morgan fingerprint density at radius 3 is 2.04 bits per heavy atom. The normalized spacial score (nSPS) is 18.9. The number of aromatic nitrogens is 5. The minimum absolute atomic E-state index is 0.0294. The van der Waals surface area contributed by atoms with E-state index in [1.165, 1.54) is 7.11 Å². The number of carbonyl (C=O) groups excluding carboxylic acids is 3. The van der Waals surface area contributed by atoms with Gasteiger partial charge < -0.3 is 30.2 Å². The molecular formula is C42H47ClN8O4. The molecule has 55 heavy (non-hydrogen) atoms. The van der Waals surface area contributed by atoms with Crippen LogP contribution in [0.5, 0.6) is 0 Å². The average molecular weight is 763 g/mol. The van der Waals surface area contributed by atoms with Crippen molar-refractivity contribution in [2.45, 2.75) is 76.9 Å². The van der Waals surface area contributed by atoms with E-state index in [0.717, 1.165) is 89.4 Å². The number of likely N-dealkylation sites (tertiary alicyclic amines) is 1. The number of pyridine rings is 1. The van der Waals surface area contributed by atoms with Gasteiger partial charge in [-0.05, 0) is 65.5 Å². The molecule has 1 aliphatic carbocycles. The molecule has 13 heteroatoms. The number of hydrogen-bond donors (Lipinski definition) is 4. The highest BCUT2D eigenvalue weighted by atomic mass is 35.5. The Balaban J connectivity index is 0.984. The molecular weight excluding hydrogens is 716 g/mol. The first-order chi connectivity index (χ1) is 26.7. The van der Waals surface area contributed by atoms with E-state index in [9.17, 15) is 14.4 Å². The van der Waals surface area contributed by atoms with Crippen molar-refractivity contribution >= 4 is 29.5 Å². The Labute approximate surface area is 325 Å². The highest BCUT2D eigenvalue weighted by Gasteiger charge is 2.38. The maximum atomic E-state index is 13.5. The van der Waals surface area contributed by atoms with Crippen LogP contribution in [0.3, 0.4) is 0 Å². The second-order valence-corrected chi connectivity index (χ2v) is 15.2. The number of alkyl carbamates (subject to hydrolysis) is 1. The van der Waals surface area contributed by atoms with Gasteiger partial charge in [-0.25, -0.2) is 19.7 Å². The predicted molar refractivity (Wildman–Crippen MR) is 211 cm³/mol. The molecule has 286 valence electrons. The minimum atomic E-state index is -0.680. The lowest BCUT2D eigenvalue weighted by Gasteiger charge is -2.30. The standard InChI is InChI=1S/C42H47ClN8O4/c1-25(2)37(50-42(54)55-3)41(53)51-20-6-9-35(51)39-46-24-34(49-39)30-17-13-28(14-18-30)27-11-15-29(16-12-27)33-23-45-38(48-33)31-7-4-5-8-32(31)40(52)47-22-26-10-19-36(43)44-21-26/h10-19,21,23-25,31-32,35,37H,4-9,20,22H2,1-3H3,(H,45,48)(H,46,49)(H,47,52)(H,50,54)/t31-,32-,35-,37-/m0/s1. The van der Waals surface area contributed by atoms with Gasteiger partial charge in [0.15, 0.2) is 0 Å². The van der Waals surface area contributed by atoms with Crippen LogP contribution in [0.1, 0.15) is 81.5 Å². The second kappa shape index (κ2) is 16.9. The van der Waals surface area contributed by atoms with E-state index in [1.54, 1.807) is 12.3 Å². The Kier molecular flexibility index (Phi) is 11.6. The van der Waals surface area contributed by atoms with E-state index in [2.05, 4.69) is 79.1 Å². The molecule has 1 saturated heterocycles. The number of imidazole rings is 2. The Morgan fingerprint density at radius 2 is 1.42 bits per heavy atom. The number of methoxy groups -OCH3 is 1. The van der Waals surface area contributed by atoms with Crippen molar-refractivity contribution in [3.63, 3.8) is 0 Å². The maximum absolute atomic E-state index is 13.5. The van der Waals surface area contributed by atoms with Crippen molar-refractivity contribution in [1.82, 2.24) is 40.5 Å². The molecule has 1 saturated carbocycles. The van der Waals surface area contributed by atoms with Gasteiger partial charge in [-0.3, -0.25) is 9.59 Å². The minimum Gasteiger partial charge on any atom is -0.453 e. The smallest absolute Gasteiger partial charge is 0.407 e. The van der Waals surface area contributed by atoms with E-state index in [0.29, 0.717) is 18.2 Å². The molecule has 4 N–H and O–H groups in total. The van der Waals surface area contributed by atoms with Crippen LogP contribution in [0.15, 0.2) is 79.3 Å². The summed E-state index contributed by atoms with van der Waals surface area (Å²) in [6.45, 7) is 4.83. The zero-order valence-electron chi connectivity index (χ0n) is 31.3. The summed E-state index contributed by atoms with van der Waals surface area (Å²) >= 11 is 5.91. The van der Waals surface area contributed by atoms with Crippen LogP contribution in [-0.4, -0.2) is 67.4 Å². The first kappa shape index (κ1) is 37.8. The van der Waals surface area contributed by atoms with Gasteiger partial charge in [-0.15, -0.1) is 0 Å². The molecule has 7 rings (SSSR count). The number of H-pyrrole nitrogens is 2. The Morgan fingerprint density at radius 1 is 0.800 bits per heavy atom. The first-order valence-electron chi connectivity index (χ1n) is 19.0. The monoisotopic (exact) mass is 762 g/mol. The highest BCUT2D eigenvalue weighted by Crippen LogP contribution is 2.38. The number of rotatable bonds is 11. The summed E-state index contributed by atoms with van der Waals surface area (Å²) in [4.78, 5) is 61.1. The third kappa shape index (κ3) is 8.59. The molecule has 5 aromatic rings. The number of nitrogens with one attached hydrogen (secondary N) is 4. The topological polar surface area (TPSA) is 158 Å². The number of hydrogen-bond acceptors (Lipinski definition) is 7. The van der Waals surface area contributed by atoms with E-state index in [-0.39, 0.29) is 35.6 Å². The van der Waals surface area contributed by atoms with Crippen LogP contribution in [-0.2, 0) is 20.9 Å². The molecule has 0 radical (unpaired) electrons. The van der Waals surface area contributed by atoms with Gasteiger partial charge in [0, 0.05) is 31.1 Å². The van der Waals surface area contributed by atoms with Crippen LogP contribution in [0.25, 0.3) is 33.6 Å². The molecule has 2 aromatic carbocycles. The largest absolute Gasteiger partial charge is 0.453 e. The number of ether oxygens (including phenoxy) is 1. The number of carbonyl (C=O) groups is 3. The van der Waals surface area contributed by atoms with Crippen molar-refractivity contribution in [1.29, 1.82) is 0 Å². The van der Waals surface area contributed by atoms with E-state index >= 15 is 0 Å². The molecule has 1 aliphatic heterocycles. The van der Waals surface area contributed by atoms with Crippen LogP contribution in [0.4, 0.5) is 4.79 Å². The van der Waals surface area contributed by atoms with Crippen molar-refractivity contribution < 1.29 is 19.1 Å². The Hall–Kier alpha value is -5.49. The van der Waals surface area contributed by atoms with Gasteiger partial charge in [0.25, 0.3) is 0 Å². The van der Waals surface area contributed by atoms with Gasteiger partial charge >= 0.3 is 6.09 Å². The number of benzene rings is 2. The summed E-state index contributed by atoms with van der Waals surface area (Å²) in [5.41, 5.74) is 6.88. The number of nitrogens with zero attached hydrogens (tertiary/aromatic N) is 4. The summed E-state index contributed by atoms with van der Waals surface area (Å²) in [7, 11) is 1.29. The molecule has 2 aliphatic rings. The number of halogens is 1. The summed E-state index contributed by atoms with van der Waals surface area (Å²) in [6, 6.07) is 19.4. The van der Waals surface area contributed by atoms with Gasteiger partial charge in [0.2, 0.25) is 11.8 Å². The van der Waals surface area contributed by atoms with Crippen LogP contribution < -0.4 is 10.6 Å². The lowest BCUT2D eigenvalue weighted by Crippen LogP contribution is -2.51. The maximum Gasteiger partial charge on any atom is 0.407 e. The molecule has 3 amide bonds. The summed E-state index contributed by atoms with van der Waals surface area (Å²) in [6.07, 6.45) is 10.2. The Bertz CT molecular complexity index is 2090. The lowest BCUT2D eigenvalue weighted by atomic mass is 9.78. The molecule has 0 spiro atoms. The summed E-state index contributed by atoms with van der Waals surface area (Å²) in [5.74, 6) is 1.28. The fourth-order valence-electron chi connectivity index (χ4n) is 7.81. The van der Waals surface area contributed by atoms with Crippen molar-refractivity contribution in [2.75, 3.05) is 13.7 Å². The highest BCUT2D eigenvalue weighted by molar-refractivity contribution is 6.29. The molecule has 0 bridgehead atoms. The quantitative estimate of drug-likeness (QED) is 0.1000. The van der Waals surface area contributed by atoms with Crippen LogP contribution in [0.2, 0.25) is 5.15 Å². The molecule has 12 nitrogen and oxygen atoms in total. The van der Waals surface area contributed by atoms with Gasteiger partial charge in [-0.1, -0.05) is 92.9 Å². The SMILES string of the molecule is COC(=O)N[C@H](C(=O)N1CCC[C@H]1c1ncc(-c2ccc(-c3ccc(-c4cnc([C@H]5CCCC[C@@H]5C(=O)NCc5ccc(Cl)nc5)[nH]4)cc3)cc2)[nH]1)C(C)C. The fourth-order valence-corrected chi connectivity index (χ4v) is 7.92. The number of aromatic amines is 2. The third-order valence-electron chi connectivity index (χ3n) is 10.9. The van der Waals surface area contributed by atoms with Crippen molar-refractivity contribution in [3.05, 3.63) is 102 Å². The predicted octanol–water partition coefficient (Wildman–Crippen LogP) is 7.82. The molecule has 4 atom stereocenters. The zero-order chi connectivity index (χ0) is 38.5.